The van der Waals surface area contributed by atoms with Gasteiger partial charge in [-0.3, -0.25) is 15.0 Å². The first kappa shape index (κ1) is 20.2. The van der Waals surface area contributed by atoms with Crippen LogP contribution >= 0.6 is 0 Å². The first-order valence-electron chi connectivity index (χ1n) is 8.25. The molecule has 0 aromatic heterocycles. The van der Waals surface area contributed by atoms with Gasteiger partial charge in [-0.25, -0.2) is 9.80 Å². The van der Waals surface area contributed by atoms with Gasteiger partial charge in [0.15, 0.2) is 11.6 Å². The fraction of sp³-hybridized carbons (Fsp3) is 0.706. The number of ether oxygens (including phenoxy) is 2. The lowest BCUT2D eigenvalue weighted by atomic mass is 9.91. The Hall–Kier alpha value is -1.89. The molecule has 0 saturated carbocycles. The highest BCUT2D eigenvalue weighted by Crippen LogP contribution is 2.22. The Morgan fingerprint density at radius 1 is 1.25 bits per heavy atom. The number of carbonyl (C=O) groups excluding carboxylic acids is 3. The zero-order valence-electron chi connectivity index (χ0n) is 15.2. The number of Topliss-reactive ketones (excluding diaryl/α,β-unsaturated/α-hetero) is 2. The summed E-state index contributed by atoms with van der Waals surface area (Å²) in [6.07, 6.45) is 1.22. The zero-order chi connectivity index (χ0) is 18.3. The molecule has 0 unspecified atom stereocenters. The summed E-state index contributed by atoms with van der Waals surface area (Å²) < 4.78 is 10.4. The predicted molar refractivity (Wildman–Crippen MR) is 89.1 cm³/mol. The van der Waals surface area contributed by atoms with Crippen LogP contribution in [0, 0.1) is 0 Å². The smallest absolute Gasteiger partial charge is 0.429 e. The maximum absolute atomic E-state index is 12.4. The maximum Gasteiger partial charge on any atom is 0.429 e. The summed E-state index contributed by atoms with van der Waals surface area (Å²) in [6, 6.07) is 0. The highest BCUT2D eigenvalue weighted by molar-refractivity contribution is 6.21. The lowest BCUT2D eigenvalue weighted by molar-refractivity contribution is -0.122. The number of allylic oxidation sites excluding steroid dienone is 2. The van der Waals surface area contributed by atoms with Crippen molar-refractivity contribution in [2.45, 2.75) is 59.0 Å². The maximum atomic E-state index is 12.4. The van der Waals surface area contributed by atoms with Crippen molar-refractivity contribution in [3.8, 4) is 0 Å². The molecule has 136 valence electrons. The lowest BCUT2D eigenvalue weighted by Crippen LogP contribution is -2.47. The second-order valence-electron chi connectivity index (χ2n) is 6.64. The molecule has 24 heavy (non-hydrogen) atoms. The standard InChI is InChI=1S/C17H28N2O5/c1-6-13(20)15-12(8-7-9-14(15)21)18-19(10-11-23-5)16(22)24-17(2,3)4/h18H,6-11H2,1-5H3. The van der Waals surface area contributed by atoms with Crippen molar-refractivity contribution < 1.29 is 23.9 Å². The van der Waals surface area contributed by atoms with Crippen molar-refractivity contribution >= 4 is 17.7 Å². The molecule has 1 amide bonds. The van der Waals surface area contributed by atoms with Crippen molar-refractivity contribution in [3.05, 3.63) is 11.3 Å². The lowest BCUT2D eigenvalue weighted by Gasteiger charge is -2.30. The van der Waals surface area contributed by atoms with E-state index < -0.39 is 11.7 Å². The zero-order valence-corrected chi connectivity index (χ0v) is 15.2. The van der Waals surface area contributed by atoms with Crippen molar-refractivity contribution in [1.29, 1.82) is 0 Å². The van der Waals surface area contributed by atoms with Gasteiger partial charge < -0.3 is 9.47 Å². The van der Waals surface area contributed by atoms with E-state index in [9.17, 15) is 14.4 Å². The molecule has 7 nitrogen and oxygen atoms in total. The van der Waals surface area contributed by atoms with E-state index in [0.29, 0.717) is 31.6 Å². The number of nitrogens with zero attached hydrogens (tertiary/aromatic N) is 1. The fourth-order valence-electron chi connectivity index (χ4n) is 2.31. The number of nitrogens with one attached hydrogen (secondary N) is 1. The summed E-state index contributed by atoms with van der Waals surface area (Å²) in [6.45, 7) is 7.56. The number of rotatable bonds is 7. The molecule has 1 rings (SSSR count). The van der Waals surface area contributed by atoms with Crippen LogP contribution in [0.15, 0.2) is 11.3 Å². The van der Waals surface area contributed by atoms with Crippen LogP contribution in [-0.2, 0) is 19.1 Å². The van der Waals surface area contributed by atoms with Gasteiger partial charge in [0.1, 0.15) is 5.60 Å². The Labute approximate surface area is 143 Å². The summed E-state index contributed by atoms with van der Waals surface area (Å²) in [7, 11) is 1.53. The van der Waals surface area contributed by atoms with Gasteiger partial charge >= 0.3 is 6.09 Å². The summed E-state index contributed by atoms with van der Waals surface area (Å²) in [5.74, 6) is -0.385. The van der Waals surface area contributed by atoms with Crippen LogP contribution in [0.5, 0.6) is 0 Å². The molecule has 0 fully saturated rings. The van der Waals surface area contributed by atoms with E-state index in [1.54, 1.807) is 27.7 Å². The minimum Gasteiger partial charge on any atom is -0.442 e. The number of hydrogen-bond donors (Lipinski definition) is 1. The van der Waals surface area contributed by atoms with Crippen molar-refractivity contribution in [2.75, 3.05) is 20.3 Å². The van der Waals surface area contributed by atoms with Crippen LogP contribution in [-0.4, -0.2) is 48.5 Å². The summed E-state index contributed by atoms with van der Waals surface area (Å²) in [4.78, 5) is 36.6. The van der Waals surface area contributed by atoms with Gasteiger partial charge in [-0.05, 0) is 33.6 Å². The average molecular weight is 340 g/mol. The third-order valence-corrected chi connectivity index (χ3v) is 3.41. The number of hydrazine groups is 1. The molecule has 0 heterocycles. The molecule has 0 spiro atoms. The van der Waals surface area contributed by atoms with Gasteiger partial charge in [-0.15, -0.1) is 0 Å². The number of hydrogen-bond acceptors (Lipinski definition) is 6. The number of methoxy groups -OCH3 is 1. The molecule has 0 radical (unpaired) electrons. The van der Waals surface area contributed by atoms with E-state index in [4.69, 9.17) is 9.47 Å². The molecule has 1 aliphatic rings. The van der Waals surface area contributed by atoms with E-state index in [1.165, 1.54) is 12.1 Å². The molecule has 7 heteroatoms. The Kier molecular flexibility index (Phi) is 7.41. The van der Waals surface area contributed by atoms with Gasteiger partial charge in [0.25, 0.3) is 0 Å². The topological polar surface area (TPSA) is 84.9 Å². The molecule has 0 atom stereocenters. The highest BCUT2D eigenvalue weighted by Gasteiger charge is 2.29. The molecule has 0 aliphatic heterocycles. The van der Waals surface area contributed by atoms with Crippen molar-refractivity contribution in [3.63, 3.8) is 0 Å². The summed E-state index contributed by atoms with van der Waals surface area (Å²) in [5, 5.41) is 1.26. The third-order valence-electron chi connectivity index (χ3n) is 3.41. The summed E-state index contributed by atoms with van der Waals surface area (Å²) >= 11 is 0. The summed E-state index contributed by atoms with van der Waals surface area (Å²) in [5.41, 5.74) is 2.94. The molecule has 0 bridgehead atoms. The van der Waals surface area contributed by atoms with Crippen LogP contribution in [0.4, 0.5) is 4.79 Å². The Bertz CT molecular complexity index is 520. The largest absolute Gasteiger partial charge is 0.442 e. The van der Waals surface area contributed by atoms with Crippen molar-refractivity contribution in [1.82, 2.24) is 10.4 Å². The van der Waals surface area contributed by atoms with E-state index in [0.717, 1.165) is 0 Å². The Morgan fingerprint density at radius 3 is 2.46 bits per heavy atom. The Balaban J connectivity index is 3.03. The minimum atomic E-state index is -0.650. The Morgan fingerprint density at radius 2 is 1.92 bits per heavy atom. The van der Waals surface area contributed by atoms with Crippen LogP contribution in [0.25, 0.3) is 0 Å². The molecule has 1 N–H and O–H groups in total. The van der Waals surface area contributed by atoms with Gasteiger partial charge in [0, 0.05) is 25.6 Å². The number of amides is 1. The first-order valence-corrected chi connectivity index (χ1v) is 8.25. The number of ketones is 2. The van der Waals surface area contributed by atoms with Gasteiger partial charge in [0.2, 0.25) is 0 Å². The van der Waals surface area contributed by atoms with E-state index in [2.05, 4.69) is 5.43 Å². The van der Waals surface area contributed by atoms with E-state index >= 15 is 0 Å². The normalized spacial score (nSPS) is 15.3. The van der Waals surface area contributed by atoms with Gasteiger partial charge in [0.05, 0.1) is 18.7 Å². The fourth-order valence-corrected chi connectivity index (χ4v) is 2.31. The van der Waals surface area contributed by atoms with Gasteiger partial charge in [-0.2, -0.15) is 0 Å². The van der Waals surface area contributed by atoms with E-state index in [-0.39, 0.29) is 30.1 Å². The molecule has 0 aromatic rings. The molecular weight excluding hydrogens is 312 g/mol. The highest BCUT2D eigenvalue weighted by atomic mass is 16.6. The SMILES string of the molecule is CCC(=O)C1=C(NN(CCOC)C(=O)OC(C)(C)C)CCCC1=O. The molecular formula is C17H28N2O5. The monoisotopic (exact) mass is 340 g/mol. The molecule has 0 saturated heterocycles. The quantitative estimate of drug-likeness (QED) is 0.566. The van der Waals surface area contributed by atoms with Crippen LogP contribution in [0.2, 0.25) is 0 Å². The average Bonchev–Trinajstić information content (AvgIpc) is 2.49. The van der Waals surface area contributed by atoms with E-state index in [1.807, 2.05) is 0 Å². The predicted octanol–water partition coefficient (Wildman–Crippen LogP) is 2.36. The first-order chi connectivity index (χ1) is 11.2. The van der Waals surface area contributed by atoms with Crippen LogP contribution in [0.3, 0.4) is 0 Å². The molecule has 1 aliphatic carbocycles. The van der Waals surface area contributed by atoms with Crippen molar-refractivity contribution in [2.24, 2.45) is 0 Å². The molecule has 0 aromatic carbocycles. The van der Waals surface area contributed by atoms with Crippen LogP contribution in [0.1, 0.15) is 53.4 Å². The second-order valence-corrected chi connectivity index (χ2v) is 6.64. The number of carbonyl (C=O) groups is 3. The van der Waals surface area contributed by atoms with Gasteiger partial charge in [-0.1, -0.05) is 6.92 Å². The van der Waals surface area contributed by atoms with Crippen LogP contribution < -0.4 is 5.43 Å². The minimum absolute atomic E-state index is 0.175. The second kappa shape index (κ2) is 8.82. The third kappa shape index (κ3) is 5.96.